The van der Waals surface area contributed by atoms with E-state index >= 15 is 0 Å². The van der Waals surface area contributed by atoms with Gasteiger partial charge in [0, 0.05) is 17.1 Å². The van der Waals surface area contributed by atoms with Crippen LogP contribution in [0.3, 0.4) is 0 Å². The molecule has 0 bridgehead atoms. The number of halogens is 2. The van der Waals surface area contributed by atoms with Crippen molar-refractivity contribution in [3.63, 3.8) is 0 Å². The van der Waals surface area contributed by atoms with Crippen LogP contribution in [-0.4, -0.2) is 34.6 Å². The van der Waals surface area contributed by atoms with Crippen molar-refractivity contribution in [1.29, 1.82) is 0 Å². The number of benzene rings is 1. The van der Waals surface area contributed by atoms with Crippen LogP contribution in [-0.2, 0) is 4.79 Å². The van der Waals surface area contributed by atoms with Crippen LogP contribution in [0.25, 0.3) is 0 Å². The van der Waals surface area contributed by atoms with Crippen molar-refractivity contribution in [1.82, 2.24) is 4.90 Å². The lowest BCUT2D eigenvalue weighted by molar-refractivity contribution is -0.137. The Kier molecular flexibility index (Phi) is 6.29. The van der Waals surface area contributed by atoms with E-state index in [1.165, 1.54) is 4.90 Å². The predicted molar refractivity (Wildman–Crippen MR) is 82.3 cm³/mol. The first kappa shape index (κ1) is 16.8. The number of carboxylic acids is 1. The van der Waals surface area contributed by atoms with Crippen molar-refractivity contribution < 1.29 is 14.7 Å². The highest BCUT2D eigenvalue weighted by Crippen LogP contribution is 2.26. The second-order valence-corrected chi connectivity index (χ2v) is 5.61. The highest BCUT2D eigenvalue weighted by atomic mass is 79.9. The number of hydrogen-bond donors (Lipinski definition) is 2. The van der Waals surface area contributed by atoms with Crippen LogP contribution in [0.4, 0.5) is 10.5 Å². The Hall–Kier alpha value is -1.27. The Morgan fingerprint density at radius 3 is 2.65 bits per heavy atom. The molecule has 0 aliphatic carbocycles. The number of carboxylic acid groups (broad SMARTS) is 1. The fraction of sp³-hybridized carbons (Fsp3) is 0.385. The average molecular weight is 364 g/mol. The molecular weight excluding hydrogens is 348 g/mol. The molecule has 0 saturated heterocycles. The summed E-state index contributed by atoms with van der Waals surface area (Å²) in [5.74, 6) is -0.939. The van der Waals surface area contributed by atoms with Crippen molar-refractivity contribution >= 4 is 45.2 Å². The SMILES string of the molecule is CCN(C(=O)Nc1ccc(Br)cc1Cl)C(C)CC(=O)O. The number of aliphatic carboxylic acids is 1. The lowest BCUT2D eigenvalue weighted by Crippen LogP contribution is -2.42. The number of urea groups is 1. The highest BCUT2D eigenvalue weighted by Gasteiger charge is 2.21. The minimum absolute atomic E-state index is 0.102. The molecule has 7 heteroatoms. The summed E-state index contributed by atoms with van der Waals surface area (Å²) in [6.45, 7) is 3.90. The van der Waals surface area contributed by atoms with Crippen LogP contribution in [0.5, 0.6) is 0 Å². The summed E-state index contributed by atoms with van der Waals surface area (Å²) in [7, 11) is 0. The zero-order valence-corrected chi connectivity index (χ0v) is 13.5. The molecule has 0 aliphatic rings. The minimum Gasteiger partial charge on any atom is -0.481 e. The van der Waals surface area contributed by atoms with E-state index in [4.69, 9.17) is 16.7 Å². The molecule has 1 rings (SSSR count). The van der Waals surface area contributed by atoms with Gasteiger partial charge in [-0.2, -0.15) is 0 Å². The lowest BCUT2D eigenvalue weighted by Gasteiger charge is -2.27. The molecule has 0 spiro atoms. The molecule has 20 heavy (non-hydrogen) atoms. The second-order valence-electron chi connectivity index (χ2n) is 4.29. The number of carbonyl (C=O) groups is 2. The summed E-state index contributed by atoms with van der Waals surface area (Å²) in [6.07, 6.45) is -0.102. The minimum atomic E-state index is -0.939. The monoisotopic (exact) mass is 362 g/mol. The van der Waals surface area contributed by atoms with Gasteiger partial charge in [0.1, 0.15) is 0 Å². The number of carbonyl (C=O) groups excluding carboxylic acids is 1. The van der Waals surface area contributed by atoms with Crippen LogP contribution in [0.2, 0.25) is 5.02 Å². The summed E-state index contributed by atoms with van der Waals surface area (Å²) in [6, 6.07) is 4.35. The van der Waals surface area contributed by atoms with Gasteiger partial charge in [0.25, 0.3) is 0 Å². The molecular formula is C13H16BrClN2O3. The van der Waals surface area contributed by atoms with Crippen LogP contribution < -0.4 is 5.32 Å². The summed E-state index contributed by atoms with van der Waals surface area (Å²) < 4.78 is 0.812. The number of nitrogens with zero attached hydrogens (tertiary/aromatic N) is 1. The Bertz CT molecular complexity index is 510. The summed E-state index contributed by atoms with van der Waals surface area (Å²) >= 11 is 9.31. The summed E-state index contributed by atoms with van der Waals surface area (Å²) in [5, 5.41) is 11.9. The molecule has 1 aromatic carbocycles. The van der Waals surface area contributed by atoms with E-state index in [1.807, 2.05) is 0 Å². The fourth-order valence-electron chi connectivity index (χ4n) is 1.80. The van der Waals surface area contributed by atoms with Gasteiger partial charge in [0.05, 0.1) is 17.1 Å². The molecule has 0 aromatic heterocycles. The van der Waals surface area contributed by atoms with Crippen LogP contribution in [0, 0.1) is 0 Å². The molecule has 5 nitrogen and oxygen atoms in total. The zero-order chi connectivity index (χ0) is 15.3. The van der Waals surface area contributed by atoms with Crippen molar-refractivity contribution in [3.05, 3.63) is 27.7 Å². The van der Waals surface area contributed by atoms with Gasteiger partial charge in [-0.15, -0.1) is 0 Å². The van der Waals surface area contributed by atoms with Gasteiger partial charge in [-0.25, -0.2) is 4.79 Å². The first-order valence-electron chi connectivity index (χ1n) is 6.09. The van der Waals surface area contributed by atoms with Crippen molar-refractivity contribution in [3.8, 4) is 0 Å². The van der Waals surface area contributed by atoms with E-state index in [0.29, 0.717) is 17.3 Å². The van der Waals surface area contributed by atoms with Gasteiger partial charge in [-0.1, -0.05) is 27.5 Å². The third kappa shape index (κ3) is 4.68. The maximum absolute atomic E-state index is 12.2. The molecule has 2 amide bonds. The van der Waals surface area contributed by atoms with E-state index < -0.39 is 12.0 Å². The topological polar surface area (TPSA) is 69.6 Å². The Labute approximate surface area is 131 Å². The van der Waals surface area contributed by atoms with Crippen LogP contribution in [0.15, 0.2) is 22.7 Å². The molecule has 0 heterocycles. The van der Waals surface area contributed by atoms with Crippen LogP contribution >= 0.6 is 27.5 Å². The average Bonchev–Trinajstić information content (AvgIpc) is 2.32. The van der Waals surface area contributed by atoms with Gasteiger partial charge >= 0.3 is 12.0 Å². The third-order valence-corrected chi connectivity index (χ3v) is 3.58. The molecule has 2 N–H and O–H groups in total. The Balaban J connectivity index is 2.79. The Morgan fingerprint density at radius 1 is 1.50 bits per heavy atom. The predicted octanol–water partition coefficient (Wildman–Crippen LogP) is 3.82. The quantitative estimate of drug-likeness (QED) is 0.835. The number of nitrogens with one attached hydrogen (secondary N) is 1. The molecule has 1 unspecified atom stereocenters. The Morgan fingerprint density at radius 2 is 2.15 bits per heavy atom. The smallest absolute Gasteiger partial charge is 0.322 e. The largest absolute Gasteiger partial charge is 0.481 e. The number of amides is 2. The van der Waals surface area contributed by atoms with Gasteiger partial charge < -0.3 is 15.3 Å². The van der Waals surface area contributed by atoms with Gasteiger partial charge in [-0.05, 0) is 32.0 Å². The van der Waals surface area contributed by atoms with Crippen molar-refractivity contribution in [2.24, 2.45) is 0 Å². The molecule has 0 saturated carbocycles. The molecule has 1 aromatic rings. The van der Waals surface area contributed by atoms with E-state index in [0.717, 1.165) is 4.47 Å². The van der Waals surface area contributed by atoms with Crippen molar-refractivity contribution in [2.45, 2.75) is 26.3 Å². The standard InChI is InChI=1S/C13H16BrClN2O3/c1-3-17(8(2)6-12(18)19)13(20)16-11-5-4-9(14)7-10(11)15/h4-5,7-8H,3,6H2,1-2H3,(H,16,20)(H,18,19). The van der Waals surface area contributed by atoms with Gasteiger partial charge in [0.2, 0.25) is 0 Å². The first-order chi connectivity index (χ1) is 9.35. The maximum atomic E-state index is 12.2. The lowest BCUT2D eigenvalue weighted by atomic mass is 10.2. The highest BCUT2D eigenvalue weighted by molar-refractivity contribution is 9.10. The number of hydrogen-bond acceptors (Lipinski definition) is 2. The molecule has 0 radical (unpaired) electrons. The summed E-state index contributed by atoms with van der Waals surface area (Å²) in [4.78, 5) is 24.3. The summed E-state index contributed by atoms with van der Waals surface area (Å²) in [5.41, 5.74) is 0.487. The van der Waals surface area contributed by atoms with E-state index in [1.54, 1.807) is 32.0 Å². The van der Waals surface area contributed by atoms with E-state index in [2.05, 4.69) is 21.2 Å². The number of rotatable bonds is 5. The van der Waals surface area contributed by atoms with Gasteiger partial charge in [0.15, 0.2) is 0 Å². The van der Waals surface area contributed by atoms with Crippen molar-refractivity contribution in [2.75, 3.05) is 11.9 Å². The van der Waals surface area contributed by atoms with Crippen LogP contribution in [0.1, 0.15) is 20.3 Å². The molecule has 1 atom stereocenters. The zero-order valence-electron chi connectivity index (χ0n) is 11.2. The molecule has 0 aliphatic heterocycles. The first-order valence-corrected chi connectivity index (χ1v) is 7.26. The third-order valence-electron chi connectivity index (χ3n) is 2.78. The van der Waals surface area contributed by atoms with E-state index in [9.17, 15) is 9.59 Å². The maximum Gasteiger partial charge on any atom is 0.322 e. The van der Waals surface area contributed by atoms with E-state index in [-0.39, 0.29) is 12.5 Å². The molecule has 110 valence electrons. The van der Waals surface area contributed by atoms with Gasteiger partial charge in [-0.3, -0.25) is 4.79 Å². The second kappa shape index (κ2) is 7.50. The fourth-order valence-corrected chi connectivity index (χ4v) is 2.52. The number of anilines is 1. The normalized spacial score (nSPS) is 11.8. The molecule has 0 fully saturated rings.